The third kappa shape index (κ3) is 2.38. The molecule has 0 radical (unpaired) electrons. The van der Waals surface area contributed by atoms with Gasteiger partial charge in [-0.3, -0.25) is 0 Å². The van der Waals surface area contributed by atoms with E-state index in [2.05, 4.69) is 35.0 Å². The molecule has 0 nitrogen and oxygen atoms in total. The summed E-state index contributed by atoms with van der Waals surface area (Å²) in [6, 6.07) is 4.58. The standard InChI is InChI=1S/C11H13BrS2/c1-2-3-4-5-8-6-9-10(13-8)7-11(12)14-9/h6-7H,2-5H2,1H3. The van der Waals surface area contributed by atoms with Crippen molar-refractivity contribution in [1.82, 2.24) is 0 Å². The Morgan fingerprint density at radius 3 is 2.64 bits per heavy atom. The number of hydrogen-bond donors (Lipinski definition) is 0. The van der Waals surface area contributed by atoms with Crippen LogP contribution in [0, 0.1) is 0 Å². The summed E-state index contributed by atoms with van der Waals surface area (Å²) in [7, 11) is 0. The maximum absolute atomic E-state index is 3.52. The van der Waals surface area contributed by atoms with Crippen LogP contribution in [0.2, 0.25) is 0 Å². The van der Waals surface area contributed by atoms with Crippen LogP contribution in [0.3, 0.4) is 0 Å². The van der Waals surface area contributed by atoms with E-state index in [0.717, 1.165) is 0 Å². The summed E-state index contributed by atoms with van der Waals surface area (Å²) in [5.41, 5.74) is 0. The van der Waals surface area contributed by atoms with Crippen molar-refractivity contribution in [2.45, 2.75) is 32.6 Å². The topological polar surface area (TPSA) is 0 Å². The van der Waals surface area contributed by atoms with Gasteiger partial charge in [-0.1, -0.05) is 19.8 Å². The van der Waals surface area contributed by atoms with Gasteiger partial charge >= 0.3 is 0 Å². The molecule has 2 rings (SSSR count). The van der Waals surface area contributed by atoms with Crippen LogP contribution in [-0.4, -0.2) is 0 Å². The zero-order valence-corrected chi connectivity index (χ0v) is 11.4. The van der Waals surface area contributed by atoms with Gasteiger partial charge in [-0.25, -0.2) is 0 Å². The van der Waals surface area contributed by atoms with E-state index >= 15 is 0 Å². The minimum absolute atomic E-state index is 1.25. The fourth-order valence-corrected chi connectivity index (χ4v) is 4.62. The number of halogens is 1. The van der Waals surface area contributed by atoms with Crippen molar-refractivity contribution in [2.75, 3.05) is 0 Å². The Bertz CT molecular complexity index is 382. The number of aryl methyl sites for hydroxylation is 1. The van der Waals surface area contributed by atoms with Gasteiger partial charge in [0.05, 0.1) is 3.79 Å². The Morgan fingerprint density at radius 1 is 1.14 bits per heavy atom. The maximum atomic E-state index is 3.52. The molecular formula is C11H13BrS2. The average Bonchev–Trinajstić information content (AvgIpc) is 2.61. The van der Waals surface area contributed by atoms with Gasteiger partial charge in [0.1, 0.15) is 0 Å². The summed E-state index contributed by atoms with van der Waals surface area (Å²) >= 11 is 7.31. The molecule has 0 amide bonds. The molecule has 76 valence electrons. The first-order chi connectivity index (χ1) is 6.79. The molecule has 0 aliphatic rings. The highest BCUT2D eigenvalue weighted by atomic mass is 79.9. The summed E-state index contributed by atoms with van der Waals surface area (Å²) in [6.45, 7) is 2.25. The summed E-state index contributed by atoms with van der Waals surface area (Å²) in [5, 5.41) is 0. The van der Waals surface area contributed by atoms with Crippen LogP contribution in [0.25, 0.3) is 9.40 Å². The lowest BCUT2D eigenvalue weighted by atomic mass is 10.2. The Labute approximate surface area is 101 Å². The Hall–Kier alpha value is 0.140. The van der Waals surface area contributed by atoms with Crippen molar-refractivity contribution in [3.63, 3.8) is 0 Å². The minimum atomic E-state index is 1.25. The first-order valence-corrected chi connectivity index (χ1v) is 7.40. The van der Waals surface area contributed by atoms with Crippen LogP contribution in [0.4, 0.5) is 0 Å². The highest BCUT2D eigenvalue weighted by molar-refractivity contribution is 9.11. The second kappa shape index (κ2) is 4.77. The quantitative estimate of drug-likeness (QED) is 0.656. The van der Waals surface area contributed by atoms with E-state index in [1.165, 1.54) is 38.9 Å². The number of fused-ring (bicyclic) bond motifs is 1. The van der Waals surface area contributed by atoms with E-state index in [-0.39, 0.29) is 0 Å². The van der Waals surface area contributed by atoms with Crippen LogP contribution < -0.4 is 0 Å². The zero-order valence-electron chi connectivity index (χ0n) is 8.18. The Kier molecular flexibility index (Phi) is 3.63. The van der Waals surface area contributed by atoms with Gasteiger partial charge in [0.2, 0.25) is 0 Å². The lowest BCUT2D eigenvalue weighted by Gasteiger charge is -1.94. The predicted octanol–water partition coefficient (Wildman–Crippen LogP) is 5.46. The van der Waals surface area contributed by atoms with Crippen molar-refractivity contribution in [1.29, 1.82) is 0 Å². The monoisotopic (exact) mass is 288 g/mol. The summed E-state index contributed by atoms with van der Waals surface area (Å²) in [4.78, 5) is 1.55. The average molecular weight is 289 g/mol. The number of thiophene rings is 2. The number of unbranched alkanes of at least 4 members (excludes halogenated alkanes) is 2. The van der Waals surface area contributed by atoms with E-state index in [1.54, 1.807) is 4.88 Å². The predicted molar refractivity (Wildman–Crippen MR) is 70.6 cm³/mol. The Balaban J connectivity index is 2.08. The van der Waals surface area contributed by atoms with E-state index in [0.29, 0.717) is 0 Å². The molecule has 14 heavy (non-hydrogen) atoms. The molecule has 0 spiro atoms. The second-order valence-electron chi connectivity index (χ2n) is 3.45. The van der Waals surface area contributed by atoms with Crippen molar-refractivity contribution >= 4 is 48.0 Å². The van der Waals surface area contributed by atoms with Gasteiger partial charge in [-0.15, -0.1) is 22.7 Å². The maximum Gasteiger partial charge on any atom is 0.0719 e. The molecule has 2 heterocycles. The summed E-state index contributed by atoms with van der Waals surface area (Å²) in [5.74, 6) is 0. The molecular weight excluding hydrogens is 276 g/mol. The summed E-state index contributed by atoms with van der Waals surface area (Å²) in [6.07, 6.45) is 5.27. The highest BCUT2D eigenvalue weighted by Crippen LogP contribution is 2.36. The number of rotatable bonds is 4. The van der Waals surface area contributed by atoms with Crippen LogP contribution in [0.5, 0.6) is 0 Å². The van der Waals surface area contributed by atoms with Gasteiger partial charge in [0.15, 0.2) is 0 Å². The third-order valence-electron chi connectivity index (χ3n) is 2.25. The molecule has 2 aromatic rings. The van der Waals surface area contributed by atoms with Gasteiger partial charge in [-0.05, 0) is 40.9 Å². The molecule has 0 aliphatic carbocycles. The number of hydrogen-bond acceptors (Lipinski definition) is 2. The van der Waals surface area contributed by atoms with E-state index in [9.17, 15) is 0 Å². The SMILES string of the molecule is CCCCCc1cc2sc(Br)cc2s1. The molecule has 0 aromatic carbocycles. The zero-order chi connectivity index (χ0) is 9.97. The van der Waals surface area contributed by atoms with E-state index < -0.39 is 0 Å². The van der Waals surface area contributed by atoms with E-state index in [4.69, 9.17) is 0 Å². The largest absolute Gasteiger partial charge is 0.139 e. The van der Waals surface area contributed by atoms with Crippen molar-refractivity contribution in [3.8, 4) is 0 Å². The van der Waals surface area contributed by atoms with Crippen LogP contribution in [-0.2, 0) is 6.42 Å². The molecule has 0 atom stereocenters. The third-order valence-corrected chi connectivity index (χ3v) is 5.11. The van der Waals surface area contributed by atoms with Gasteiger partial charge in [0.25, 0.3) is 0 Å². The van der Waals surface area contributed by atoms with Crippen molar-refractivity contribution in [3.05, 3.63) is 20.8 Å². The molecule has 2 aromatic heterocycles. The van der Waals surface area contributed by atoms with Gasteiger partial charge in [0, 0.05) is 14.3 Å². The fourth-order valence-electron chi connectivity index (χ4n) is 1.53. The molecule has 0 saturated carbocycles. The van der Waals surface area contributed by atoms with Crippen LogP contribution >= 0.6 is 38.6 Å². The first kappa shape index (κ1) is 10.7. The van der Waals surface area contributed by atoms with Crippen molar-refractivity contribution < 1.29 is 0 Å². The Morgan fingerprint density at radius 2 is 1.93 bits per heavy atom. The molecule has 0 unspecified atom stereocenters. The smallest absolute Gasteiger partial charge is 0.0719 e. The molecule has 0 saturated heterocycles. The van der Waals surface area contributed by atoms with Crippen LogP contribution in [0.1, 0.15) is 31.1 Å². The second-order valence-corrected chi connectivity index (χ2v) is 7.08. The van der Waals surface area contributed by atoms with Crippen molar-refractivity contribution in [2.24, 2.45) is 0 Å². The minimum Gasteiger partial charge on any atom is -0.139 e. The van der Waals surface area contributed by atoms with E-state index in [1.807, 2.05) is 22.7 Å². The molecule has 0 aliphatic heterocycles. The lowest BCUT2D eigenvalue weighted by Crippen LogP contribution is -1.78. The lowest BCUT2D eigenvalue weighted by molar-refractivity contribution is 0.723. The molecule has 0 fully saturated rings. The van der Waals surface area contributed by atoms with Gasteiger partial charge < -0.3 is 0 Å². The summed E-state index contributed by atoms with van der Waals surface area (Å²) < 4.78 is 4.13. The normalized spacial score (nSPS) is 11.3. The highest BCUT2D eigenvalue weighted by Gasteiger charge is 2.04. The molecule has 3 heteroatoms. The molecule has 0 N–H and O–H groups in total. The first-order valence-electron chi connectivity index (χ1n) is 4.97. The molecule has 0 bridgehead atoms. The van der Waals surface area contributed by atoms with Crippen LogP contribution in [0.15, 0.2) is 15.9 Å². The fraction of sp³-hybridized carbons (Fsp3) is 0.455. The van der Waals surface area contributed by atoms with Gasteiger partial charge in [-0.2, -0.15) is 0 Å².